The van der Waals surface area contributed by atoms with Gasteiger partial charge in [0.05, 0.1) is 5.02 Å². The lowest BCUT2D eigenvalue weighted by Gasteiger charge is -2.40. The third kappa shape index (κ3) is 4.04. The van der Waals surface area contributed by atoms with E-state index in [4.69, 9.17) is 11.6 Å². The van der Waals surface area contributed by atoms with Crippen molar-refractivity contribution in [3.63, 3.8) is 0 Å². The van der Waals surface area contributed by atoms with Gasteiger partial charge in [-0.25, -0.2) is 0 Å². The van der Waals surface area contributed by atoms with Crippen LogP contribution in [0.2, 0.25) is 5.02 Å². The highest BCUT2D eigenvalue weighted by atomic mass is 79.9. The largest absolute Gasteiger partial charge is 0.806 e. The van der Waals surface area contributed by atoms with Crippen molar-refractivity contribution in [3.05, 3.63) is 33.3 Å². The van der Waals surface area contributed by atoms with Crippen LogP contribution in [0.5, 0.6) is 0 Å². The van der Waals surface area contributed by atoms with Crippen molar-refractivity contribution in [2.75, 3.05) is 0 Å². The van der Waals surface area contributed by atoms with Crippen molar-refractivity contribution in [1.29, 1.82) is 0 Å². The van der Waals surface area contributed by atoms with Crippen LogP contribution in [0.4, 0.5) is 8.78 Å². The third-order valence-electron chi connectivity index (χ3n) is 3.73. The Kier molecular flexibility index (Phi) is 6.08. The SMILES string of the molecule is CC(C)(C)c1cc(C(F)(F)P(=O)([O-])[O-])c(Cl)c(C(C)(C)C)c1CBr. The van der Waals surface area contributed by atoms with E-state index in [0.717, 1.165) is 11.6 Å². The van der Waals surface area contributed by atoms with Crippen LogP contribution in [0.3, 0.4) is 0 Å². The molecule has 1 aromatic rings. The first kappa shape index (κ1) is 22.0. The zero-order valence-corrected chi connectivity index (χ0v) is 17.7. The number of rotatable bonds is 3. The first-order valence-corrected chi connectivity index (χ1v) is 10.3. The number of alkyl halides is 3. The summed E-state index contributed by atoms with van der Waals surface area (Å²) in [5.74, 6) is 0. The molecule has 0 aliphatic rings. The van der Waals surface area contributed by atoms with Gasteiger partial charge in [0.15, 0.2) is 0 Å². The fourth-order valence-corrected chi connectivity index (χ4v) is 4.34. The highest BCUT2D eigenvalue weighted by Crippen LogP contribution is 2.57. The molecule has 0 N–H and O–H groups in total. The van der Waals surface area contributed by atoms with Gasteiger partial charge in [-0.15, -0.1) is 0 Å². The third-order valence-corrected chi connectivity index (χ3v) is 5.61. The summed E-state index contributed by atoms with van der Waals surface area (Å²) in [4.78, 5) is 22.3. The van der Waals surface area contributed by atoms with Crippen molar-refractivity contribution in [2.24, 2.45) is 0 Å². The molecule has 0 aliphatic heterocycles. The Hall–Kier alpha value is -0.0000000000000000555. The molecule has 0 unspecified atom stereocenters. The summed E-state index contributed by atoms with van der Waals surface area (Å²) in [7, 11) is -6.21. The summed E-state index contributed by atoms with van der Waals surface area (Å²) in [6, 6.07) is 1.05. The molecule has 138 valence electrons. The van der Waals surface area contributed by atoms with Crippen LogP contribution in [-0.2, 0) is 26.4 Å². The monoisotopic (exact) mass is 444 g/mol. The molecule has 0 aromatic heterocycles. The van der Waals surface area contributed by atoms with E-state index in [9.17, 15) is 23.1 Å². The van der Waals surface area contributed by atoms with Gasteiger partial charge in [0.1, 0.15) is 0 Å². The summed E-state index contributed by atoms with van der Waals surface area (Å²) in [5, 5.41) is -0.00800. The van der Waals surface area contributed by atoms with E-state index in [1.807, 2.05) is 20.8 Å². The van der Waals surface area contributed by atoms with Crippen molar-refractivity contribution in [3.8, 4) is 0 Å². The second-order valence-corrected chi connectivity index (χ2v) is 10.3. The molecule has 1 aromatic carbocycles. The van der Waals surface area contributed by atoms with Gasteiger partial charge in [0.25, 0.3) is 5.66 Å². The smallest absolute Gasteiger partial charge is 0.298 e. The first-order chi connectivity index (χ1) is 10.5. The molecule has 3 nitrogen and oxygen atoms in total. The molecule has 0 radical (unpaired) electrons. The molecule has 0 spiro atoms. The number of hydrogen-bond donors (Lipinski definition) is 0. The van der Waals surface area contributed by atoms with E-state index in [1.54, 1.807) is 20.8 Å². The summed E-state index contributed by atoms with van der Waals surface area (Å²) < 4.78 is 39.8. The molecule has 24 heavy (non-hydrogen) atoms. The zero-order valence-electron chi connectivity index (χ0n) is 14.5. The molecule has 0 amide bonds. The summed E-state index contributed by atoms with van der Waals surface area (Å²) in [6.07, 6.45) is 0. The molecule has 0 saturated heterocycles. The maximum atomic E-state index is 14.3. The van der Waals surface area contributed by atoms with Gasteiger partial charge < -0.3 is 14.4 Å². The molecular formula is C16H21BrClF2O3P-2. The fraction of sp³-hybridized carbons (Fsp3) is 0.625. The Balaban J connectivity index is 4.06. The van der Waals surface area contributed by atoms with Crippen LogP contribution in [-0.4, -0.2) is 0 Å². The van der Waals surface area contributed by atoms with Gasteiger partial charge in [-0.3, -0.25) is 0 Å². The maximum Gasteiger partial charge on any atom is 0.298 e. The molecule has 1 rings (SSSR count). The van der Waals surface area contributed by atoms with E-state index in [2.05, 4.69) is 15.9 Å². The standard InChI is InChI=1S/C16H23BrClF2O3P/c1-14(2,3)10-7-11(16(19,20)24(21,22)23)13(18)12(9(10)8-17)15(4,5)6/h7H,8H2,1-6H3,(H2,21,22,23)/p-2. The average Bonchev–Trinajstić information content (AvgIpc) is 2.32. The van der Waals surface area contributed by atoms with Crippen molar-refractivity contribution in [2.45, 2.75) is 63.4 Å². The van der Waals surface area contributed by atoms with Crippen LogP contribution in [0.15, 0.2) is 6.07 Å². The van der Waals surface area contributed by atoms with E-state index >= 15 is 0 Å². The fourth-order valence-electron chi connectivity index (χ4n) is 2.65. The molecular weight excluding hydrogens is 425 g/mol. The van der Waals surface area contributed by atoms with Gasteiger partial charge in [-0.2, -0.15) is 8.78 Å². The second kappa shape index (κ2) is 6.62. The predicted octanol–water partition coefficient (Wildman–Crippen LogP) is 4.79. The van der Waals surface area contributed by atoms with Gasteiger partial charge in [-0.1, -0.05) is 69.1 Å². The average molecular weight is 446 g/mol. The van der Waals surface area contributed by atoms with E-state index in [0.29, 0.717) is 16.5 Å². The Morgan fingerprint density at radius 3 is 1.83 bits per heavy atom. The number of hydrogen-bond acceptors (Lipinski definition) is 3. The zero-order chi connectivity index (χ0) is 19.3. The lowest BCUT2D eigenvalue weighted by Crippen LogP contribution is -2.32. The quantitative estimate of drug-likeness (QED) is 0.496. The number of halogens is 4. The Morgan fingerprint density at radius 2 is 1.54 bits per heavy atom. The summed E-state index contributed by atoms with van der Waals surface area (Å²) >= 11 is 9.56. The minimum Gasteiger partial charge on any atom is -0.806 e. The Morgan fingerprint density at radius 1 is 1.08 bits per heavy atom. The van der Waals surface area contributed by atoms with Crippen molar-refractivity contribution in [1.82, 2.24) is 0 Å². The molecule has 0 fully saturated rings. The van der Waals surface area contributed by atoms with E-state index in [-0.39, 0.29) is 5.02 Å². The van der Waals surface area contributed by atoms with Crippen LogP contribution >= 0.6 is 35.1 Å². The van der Waals surface area contributed by atoms with Crippen LogP contribution in [0.1, 0.15) is 63.8 Å². The normalized spacial score (nSPS) is 14.2. The van der Waals surface area contributed by atoms with Gasteiger partial charge in [0.2, 0.25) is 0 Å². The lowest BCUT2D eigenvalue weighted by molar-refractivity contribution is -0.335. The van der Waals surface area contributed by atoms with E-state index in [1.165, 1.54) is 0 Å². The van der Waals surface area contributed by atoms with Crippen molar-refractivity contribution < 1.29 is 23.1 Å². The second-order valence-electron chi connectivity index (χ2n) is 7.81. The molecule has 0 bridgehead atoms. The predicted molar refractivity (Wildman–Crippen MR) is 93.0 cm³/mol. The van der Waals surface area contributed by atoms with Gasteiger partial charge in [0, 0.05) is 18.5 Å². The molecule has 0 heterocycles. The van der Waals surface area contributed by atoms with Crippen LogP contribution in [0.25, 0.3) is 0 Å². The lowest BCUT2D eigenvalue weighted by atomic mass is 9.75. The minimum absolute atomic E-state index is 0.365. The highest BCUT2D eigenvalue weighted by Gasteiger charge is 2.42. The van der Waals surface area contributed by atoms with E-state index < -0.39 is 29.7 Å². The molecule has 0 saturated carbocycles. The molecule has 8 heteroatoms. The highest BCUT2D eigenvalue weighted by molar-refractivity contribution is 9.08. The molecule has 0 atom stereocenters. The van der Waals surface area contributed by atoms with Gasteiger partial charge >= 0.3 is 0 Å². The van der Waals surface area contributed by atoms with Crippen LogP contribution in [0, 0.1) is 0 Å². The van der Waals surface area contributed by atoms with Crippen LogP contribution < -0.4 is 9.79 Å². The van der Waals surface area contributed by atoms with Gasteiger partial charge in [-0.05, 0) is 33.6 Å². The maximum absolute atomic E-state index is 14.3. The summed E-state index contributed by atoms with van der Waals surface area (Å²) in [5.41, 5.74) is -5.03. The number of benzene rings is 1. The minimum atomic E-state index is -6.21. The topological polar surface area (TPSA) is 63.2 Å². The Bertz CT molecular complexity index is 688. The Labute approximate surface area is 155 Å². The van der Waals surface area contributed by atoms with Crippen molar-refractivity contribution >= 4 is 35.1 Å². The summed E-state index contributed by atoms with van der Waals surface area (Å²) in [6.45, 7) is 10.9. The first-order valence-electron chi connectivity index (χ1n) is 7.29. The molecule has 0 aliphatic carbocycles.